The fourth-order valence-electron chi connectivity index (χ4n) is 7.26. The summed E-state index contributed by atoms with van der Waals surface area (Å²) in [6.45, 7) is 5.80. The lowest BCUT2D eigenvalue weighted by atomic mass is 10.0. The Balaban J connectivity index is 1.39. The van der Waals surface area contributed by atoms with Crippen molar-refractivity contribution in [1.82, 2.24) is 4.57 Å². The van der Waals surface area contributed by atoms with Crippen LogP contribution in [0.15, 0.2) is 127 Å². The highest BCUT2D eigenvalue weighted by Gasteiger charge is 2.40. The van der Waals surface area contributed by atoms with Crippen molar-refractivity contribution in [3.05, 3.63) is 177 Å². The normalized spacial score (nSPS) is 12.6. The SMILES string of the molecule is Cc1cc(C)c(N2C(=O)c3cccc(-n4c5cc(C(=O)c6ccccc6)ccc5c5ccc(C(=O)c6ccccc6)cc54)c3C2=O)c(C)c1. The Bertz CT molecular complexity index is 2410. The molecule has 0 saturated heterocycles. The molecule has 6 heteroatoms. The molecule has 1 aromatic heterocycles. The summed E-state index contributed by atoms with van der Waals surface area (Å²) in [5, 5.41) is 1.68. The summed E-state index contributed by atoms with van der Waals surface area (Å²) in [6.07, 6.45) is 0. The van der Waals surface area contributed by atoms with Crippen LogP contribution in [-0.4, -0.2) is 27.9 Å². The van der Waals surface area contributed by atoms with E-state index >= 15 is 0 Å². The van der Waals surface area contributed by atoms with Crippen LogP contribution in [-0.2, 0) is 0 Å². The van der Waals surface area contributed by atoms with Crippen molar-refractivity contribution in [3.8, 4) is 5.69 Å². The maximum atomic E-state index is 14.5. The number of hydrogen-bond acceptors (Lipinski definition) is 4. The monoisotopic (exact) mass is 638 g/mol. The van der Waals surface area contributed by atoms with Crippen molar-refractivity contribution in [2.45, 2.75) is 20.8 Å². The predicted molar refractivity (Wildman–Crippen MR) is 192 cm³/mol. The molecule has 0 N–H and O–H groups in total. The first-order valence-electron chi connectivity index (χ1n) is 16.1. The van der Waals surface area contributed by atoms with Gasteiger partial charge in [-0.1, -0.05) is 109 Å². The Kier molecular flexibility index (Phi) is 6.96. The number of amides is 2. The summed E-state index contributed by atoms with van der Waals surface area (Å²) < 4.78 is 1.91. The van der Waals surface area contributed by atoms with Crippen LogP contribution >= 0.6 is 0 Å². The zero-order valence-electron chi connectivity index (χ0n) is 27.2. The van der Waals surface area contributed by atoms with Crippen LogP contribution < -0.4 is 4.90 Å². The Morgan fingerprint density at radius 3 is 1.53 bits per heavy atom. The van der Waals surface area contributed by atoms with Gasteiger partial charge in [0, 0.05) is 33.0 Å². The third kappa shape index (κ3) is 4.72. The number of fused-ring (bicyclic) bond motifs is 4. The van der Waals surface area contributed by atoms with Gasteiger partial charge in [0.2, 0.25) is 0 Å². The number of rotatable bonds is 6. The van der Waals surface area contributed by atoms with Gasteiger partial charge in [0.25, 0.3) is 11.8 Å². The molecule has 236 valence electrons. The molecule has 0 saturated carbocycles. The Morgan fingerprint density at radius 2 is 1.02 bits per heavy atom. The highest BCUT2D eigenvalue weighted by atomic mass is 16.2. The van der Waals surface area contributed by atoms with Crippen LogP contribution in [0.4, 0.5) is 5.69 Å². The summed E-state index contributed by atoms with van der Waals surface area (Å²) in [5.74, 6) is -1.09. The molecule has 0 fully saturated rings. The van der Waals surface area contributed by atoms with Crippen molar-refractivity contribution in [2.24, 2.45) is 0 Å². The van der Waals surface area contributed by atoms with Crippen LogP contribution in [0.1, 0.15) is 69.2 Å². The lowest BCUT2D eigenvalue weighted by Crippen LogP contribution is -2.31. The van der Waals surface area contributed by atoms with Crippen LogP contribution in [0, 0.1) is 20.8 Å². The van der Waals surface area contributed by atoms with Gasteiger partial charge >= 0.3 is 0 Å². The zero-order valence-corrected chi connectivity index (χ0v) is 27.2. The smallest absolute Gasteiger partial charge is 0.268 e. The third-order valence-electron chi connectivity index (χ3n) is 9.36. The largest absolute Gasteiger partial charge is 0.308 e. The molecule has 0 radical (unpaired) electrons. The zero-order chi connectivity index (χ0) is 34.0. The first-order chi connectivity index (χ1) is 23.7. The summed E-state index contributed by atoms with van der Waals surface area (Å²) in [6, 6.07) is 38.4. The average molecular weight is 639 g/mol. The molecule has 2 heterocycles. The standard InChI is InChI=1S/C43H30N2O4/c1-25-21-26(2)39(27(3)22-25)45-42(48)34-15-10-16-35(38(34)43(45)49)44-36-23-30(40(46)28-11-6-4-7-12-28)17-19-32(36)33-20-18-31(24-37(33)44)41(47)29-13-8-5-9-14-29/h4-24H,1-3H3. The first kappa shape index (κ1) is 30.0. The lowest BCUT2D eigenvalue weighted by Gasteiger charge is -2.20. The number of carbonyl (C=O) groups excluding carboxylic acids is 4. The highest BCUT2D eigenvalue weighted by Crippen LogP contribution is 2.40. The molecule has 0 unspecified atom stereocenters. The average Bonchev–Trinajstić information content (AvgIpc) is 3.57. The number of aryl methyl sites for hydroxylation is 3. The minimum Gasteiger partial charge on any atom is -0.308 e. The van der Waals surface area contributed by atoms with Crippen LogP contribution in [0.2, 0.25) is 0 Å². The molecule has 6 aromatic carbocycles. The first-order valence-corrected chi connectivity index (χ1v) is 16.1. The number of hydrogen-bond donors (Lipinski definition) is 0. The molecule has 7 aromatic rings. The maximum absolute atomic E-state index is 14.5. The fraction of sp³-hybridized carbons (Fsp3) is 0.0698. The number of ketones is 2. The molecule has 2 amide bonds. The second kappa shape index (κ2) is 11.4. The lowest BCUT2D eigenvalue weighted by molar-refractivity contribution is 0.0923. The molecule has 1 aliphatic heterocycles. The number of benzene rings is 6. The van der Waals surface area contributed by atoms with E-state index in [1.165, 1.54) is 4.90 Å². The van der Waals surface area contributed by atoms with Crippen molar-refractivity contribution in [3.63, 3.8) is 0 Å². The topological polar surface area (TPSA) is 76.5 Å². The minimum atomic E-state index is -0.423. The van der Waals surface area contributed by atoms with E-state index in [9.17, 15) is 19.2 Å². The number of aromatic nitrogens is 1. The quantitative estimate of drug-likeness (QED) is 0.135. The number of nitrogens with zero attached hydrogens (tertiary/aromatic N) is 2. The molecule has 0 atom stereocenters. The highest BCUT2D eigenvalue weighted by molar-refractivity contribution is 6.36. The van der Waals surface area contributed by atoms with E-state index in [2.05, 4.69) is 0 Å². The molecule has 8 rings (SSSR count). The molecular weight excluding hydrogens is 608 g/mol. The van der Waals surface area contributed by atoms with Gasteiger partial charge in [0.1, 0.15) is 0 Å². The fourth-order valence-corrected chi connectivity index (χ4v) is 7.26. The van der Waals surface area contributed by atoms with Crippen molar-refractivity contribution in [2.75, 3.05) is 4.90 Å². The van der Waals surface area contributed by atoms with Gasteiger partial charge in [-0.2, -0.15) is 0 Å². The van der Waals surface area contributed by atoms with Crippen molar-refractivity contribution >= 4 is 50.9 Å². The van der Waals surface area contributed by atoms with Gasteiger partial charge in [-0.05, 0) is 56.2 Å². The summed E-state index contributed by atoms with van der Waals surface area (Å²) in [7, 11) is 0. The predicted octanol–water partition coefficient (Wildman–Crippen LogP) is 8.97. The minimum absolute atomic E-state index is 0.139. The van der Waals surface area contributed by atoms with Gasteiger partial charge in [-0.25, -0.2) is 4.90 Å². The molecule has 0 aliphatic carbocycles. The van der Waals surface area contributed by atoms with Gasteiger partial charge in [-0.3, -0.25) is 19.2 Å². The summed E-state index contributed by atoms with van der Waals surface area (Å²) in [4.78, 5) is 57.1. The Hall–Kier alpha value is -6.40. The third-order valence-corrected chi connectivity index (χ3v) is 9.36. The van der Waals surface area contributed by atoms with Crippen LogP contribution in [0.5, 0.6) is 0 Å². The van der Waals surface area contributed by atoms with Gasteiger partial charge in [-0.15, -0.1) is 0 Å². The van der Waals surface area contributed by atoms with Crippen LogP contribution in [0.25, 0.3) is 27.5 Å². The van der Waals surface area contributed by atoms with Crippen molar-refractivity contribution < 1.29 is 19.2 Å². The number of anilines is 1. The number of imide groups is 1. The maximum Gasteiger partial charge on any atom is 0.268 e. The van der Waals surface area contributed by atoms with E-state index in [1.807, 2.05) is 104 Å². The molecule has 1 aliphatic rings. The van der Waals surface area contributed by atoms with E-state index in [0.717, 1.165) is 27.5 Å². The number of carbonyl (C=O) groups is 4. The molecule has 49 heavy (non-hydrogen) atoms. The van der Waals surface area contributed by atoms with E-state index < -0.39 is 11.8 Å². The van der Waals surface area contributed by atoms with E-state index in [0.29, 0.717) is 50.2 Å². The van der Waals surface area contributed by atoms with E-state index in [4.69, 9.17) is 0 Å². The van der Waals surface area contributed by atoms with E-state index in [-0.39, 0.29) is 17.1 Å². The molecule has 0 spiro atoms. The van der Waals surface area contributed by atoms with Gasteiger partial charge in [0.15, 0.2) is 11.6 Å². The van der Waals surface area contributed by atoms with E-state index in [1.54, 1.807) is 48.5 Å². The molecule has 0 bridgehead atoms. The summed E-state index contributed by atoms with van der Waals surface area (Å²) >= 11 is 0. The Morgan fingerprint density at radius 1 is 0.510 bits per heavy atom. The summed E-state index contributed by atoms with van der Waals surface area (Å²) in [5.41, 5.74) is 7.77. The van der Waals surface area contributed by atoms with Crippen molar-refractivity contribution in [1.29, 1.82) is 0 Å². The van der Waals surface area contributed by atoms with Gasteiger partial charge in [0.05, 0.1) is 33.5 Å². The van der Waals surface area contributed by atoms with Crippen LogP contribution in [0.3, 0.4) is 0 Å². The molecule has 6 nitrogen and oxygen atoms in total. The Labute approximate surface area is 282 Å². The second-order valence-electron chi connectivity index (χ2n) is 12.6. The second-order valence-corrected chi connectivity index (χ2v) is 12.6. The van der Waals surface area contributed by atoms with Gasteiger partial charge < -0.3 is 4.57 Å². The molecular formula is C43H30N2O4.